The van der Waals surface area contributed by atoms with Crippen LogP contribution in [0.4, 0.5) is 0 Å². The molecule has 1 unspecified atom stereocenters. The number of aliphatic hydroxyl groups is 1. The number of carbonyl (C=O) groups is 5. The number of benzene rings is 2. The lowest BCUT2D eigenvalue weighted by Gasteiger charge is -2.35. The number of thiazole rings is 1. The van der Waals surface area contributed by atoms with Crippen LogP contribution in [0.15, 0.2) is 59.0 Å². The predicted molar refractivity (Wildman–Crippen MR) is 340 cm³/mol. The van der Waals surface area contributed by atoms with E-state index in [-0.39, 0.29) is 104 Å². The van der Waals surface area contributed by atoms with Gasteiger partial charge in [0.2, 0.25) is 29.5 Å². The molecule has 486 valence electrons. The normalized spacial score (nSPS) is 17.0. The fraction of sp³-hybridized carbons (Fsp3) is 0.571. The maximum Gasteiger partial charge on any atom is 0.246 e. The second kappa shape index (κ2) is 33.8. The van der Waals surface area contributed by atoms with Gasteiger partial charge in [-0.15, -0.1) is 32.9 Å². The number of carbonyl (C=O) groups excluding carboxylic acids is 5. The molecule has 1 fully saturated rings. The third-order valence-corrected chi connectivity index (χ3v) is 17.5. The van der Waals surface area contributed by atoms with Gasteiger partial charge >= 0.3 is 0 Å². The summed E-state index contributed by atoms with van der Waals surface area (Å²) in [5.74, 6) is -0.468. The number of rotatable bonds is 35. The van der Waals surface area contributed by atoms with E-state index in [0.29, 0.717) is 49.6 Å². The van der Waals surface area contributed by atoms with Gasteiger partial charge in [0.25, 0.3) is 0 Å². The molecule has 0 aliphatic carbocycles. The topological polar surface area (TPSA) is 278 Å². The third kappa shape index (κ3) is 20.4. The van der Waals surface area contributed by atoms with Crippen molar-refractivity contribution in [2.75, 3.05) is 112 Å². The molecule has 89 heavy (non-hydrogen) atoms. The minimum absolute atomic E-state index is 0.0456. The van der Waals surface area contributed by atoms with Crippen molar-refractivity contribution >= 4 is 69.5 Å². The Balaban J connectivity index is 0.843. The Morgan fingerprint density at radius 3 is 1.92 bits per heavy atom. The molecule has 5 aromatic rings. The molecule has 1 saturated heterocycles. The summed E-state index contributed by atoms with van der Waals surface area (Å²) in [7, 11) is 0. The maximum absolute atomic E-state index is 14.4. The van der Waals surface area contributed by atoms with Crippen LogP contribution in [0.5, 0.6) is 0 Å². The van der Waals surface area contributed by atoms with Gasteiger partial charge in [-0.3, -0.25) is 33.5 Å². The van der Waals surface area contributed by atoms with E-state index in [9.17, 15) is 29.1 Å². The number of hydrogen-bond acceptors (Lipinski definition) is 19. The summed E-state index contributed by atoms with van der Waals surface area (Å²) in [6, 6.07) is 12.4. The van der Waals surface area contributed by atoms with E-state index in [4.69, 9.17) is 49.8 Å². The quantitative estimate of drug-likeness (QED) is 0.0276. The molecule has 3 aromatic heterocycles. The van der Waals surface area contributed by atoms with Gasteiger partial charge in [0.05, 0.1) is 126 Å². The molecule has 0 radical (unpaired) electrons. The average Bonchev–Trinajstić information content (AvgIpc) is 1.82. The van der Waals surface area contributed by atoms with Crippen LogP contribution in [0, 0.1) is 38.5 Å². The average molecular weight is 1290 g/mol. The van der Waals surface area contributed by atoms with Crippen molar-refractivity contribution in [3.8, 4) is 15.4 Å². The van der Waals surface area contributed by atoms with Crippen molar-refractivity contribution in [1.29, 1.82) is 0 Å². The molecular weight excluding hydrogens is 1200 g/mol. The highest BCUT2D eigenvalue weighted by atomic mass is 35.5. The number of nitrogens with zero attached hydrogens (tertiary/aromatic N) is 6. The first-order valence-electron chi connectivity index (χ1n) is 30.0. The van der Waals surface area contributed by atoms with Crippen LogP contribution < -0.4 is 21.3 Å². The number of hydrogen-bond donors (Lipinski definition) is 5. The molecule has 0 saturated carbocycles. The van der Waals surface area contributed by atoms with E-state index in [0.717, 1.165) is 54.0 Å². The third-order valence-electron chi connectivity index (χ3n) is 15.1. The van der Waals surface area contributed by atoms with Gasteiger partial charge in [-0.25, -0.2) is 4.98 Å². The Kier molecular flexibility index (Phi) is 26.7. The lowest BCUT2D eigenvalue weighted by atomic mass is 9.85. The molecule has 0 bridgehead atoms. The number of aliphatic imine (C=N–C) groups is 1. The van der Waals surface area contributed by atoms with Crippen LogP contribution in [0.2, 0.25) is 5.02 Å². The molecule has 2 aliphatic heterocycles. The first-order valence-corrected chi connectivity index (χ1v) is 32.1. The van der Waals surface area contributed by atoms with Crippen LogP contribution >= 0.6 is 34.3 Å². The summed E-state index contributed by atoms with van der Waals surface area (Å²) in [5.41, 5.74) is 6.88. The largest absolute Gasteiger partial charge is 0.391 e. The summed E-state index contributed by atoms with van der Waals surface area (Å²) in [5, 5.41) is 32.8. The van der Waals surface area contributed by atoms with Gasteiger partial charge in [-0.05, 0) is 68.9 Å². The predicted octanol–water partition coefficient (Wildman–Crippen LogP) is 6.37. The summed E-state index contributed by atoms with van der Waals surface area (Å²) in [6.45, 7) is 22.3. The first kappa shape index (κ1) is 70.4. The van der Waals surface area contributed by atoms with Gasteiger partial charge in [-0.2, -0.15) is 0 Å². The van der Waals surface area contributed by atoms with Gasteiger partial charge in [0, 0.05) is 59.4 Å². The Morgan fingerprint density at radius 1 is 0.742 bits per heavy atom. The first-order chi connectivity index (χ1) is 42.5. The number of fused-ring (bicyclic) bond motifs is 3. The molecule has 6 atom stereocenters. The van der Waals surface area contributed by atoms with Crippen LogP contribution in [0.3, 0.4) is 0 Å². The molecule has 2 aliphatic rings. The molecule has 5 N–H and O–H groups in total. The van der Waals surface area contributed by atoms with E-state index in [2.05, 4.69) is 50.3 Å². The minimum Gasteiger partial charge on any atom is -0.391 e. The van der Waals surface area contributed by atoms with E-state index in [1.54, 1.807) is 28.2 Å². The second-order valence-electron chi connectivity index (χ2n) is 23.7. The van der Waals surface area contributed by atoms with Crippen molar-refractivity contribution in [2.45, 2.75) is 112 Å². The molecule has 5 amide bonds. The molecule has 5 heterocycles. The highest BCUT2D eigenvalue weighted by Gasteiger charge is 2.45. The zero-order valence-electron chi connectivity index (χ0n) is 52.7. The van der Waals surface area contributed by atoms with Gasteiger partial charge in [0.15, 0.2) is 5.82 Å². The highest BCUT2D eigenvalue weighted by Crippen LogP contribution is 2.40. The zero-order valence-corrected chi connectivity index (χ0v) is 55.1. The monoisotopic (exact) mass is 1290 g/mol. The number of ether oxygens (including phenoxy) is 7. The van der Waals surface area contributed by atoms with Gasteiger partial charge in [-0.1, -0.05) is 75.7 Å². The molecule has 26 heteroatoms. The Bertz CT molecular complexity index is 3170. The molecule has 7 rings (SSSR count). The fourth-order valence-electron chi connectivity index (χ4n) is 10.2. The lowest BCUT2D eigenvalue weighted by molar-refractivity contribution is -0.145. The second-order valence-corrected chi connectivity index (χ2v) is 26.2. The number of aromatic nitrogens is 4. The van der Waals surface area contributed by atoms with Crippen molar-refractivity contribution < 1.29 is 62.2 Å². The molecular formula is C63H87ClN10O13S2. The SMILES string of the molecule is CC(=O)NCCOCCOCCOCC(C)(COCCOCCOCCNC(=O)C[C@@H]1N=C(c2ccc(Cl)cc2)c2c(sc(C)c2C)-n2c(C)nnc21)COCC(=O)N[C@H](C(=O)N1C[C@H](O)C[C@H]1C(=O)N[C@@H](C)c1ccc(-c2scnc2C)cc1)C(C)(C)C. The van der Waals surface area contributed by atoms with Gasteiger partial charge in [0.1, 0.15) is 35.6 Å². The van der Waals surface area contributed by atoms with E-state index < -0.39 is 58.8 Å². The molecule has 23 nitrogen and oxygen atoms in total. The van der Waals surface area contributed by atoms with Crippen LogP contribution in [0.25, 0.3) is 15.4 Å². The number of thiophene rings is 1. The fourth-order valence-corrected chi connectivity index (χ4v) is 12.3. The number of halogens is 1. The van der Waals surface area contributed by atoms with Crippen molar-refractivity contribution in [3.63, 3.8) is 0 Å². The molecule has 2 aromatic carbocycles. The van der Waals surface area contributed by atoms with E-state index in [1.165, 1.54) is 11.8 Å². The minimum atomic E-state index is -1.06. The number of amides is 5. The number of aliphatic hydroxyl groups excluding tert-OH is 1. The van der Waals surface area contributed by atoms with Crippen LogP contribution in [0.1, 0.15) is 111 Å². The van der Waals surface area contributed by atoms with E-state index >= 15 is 0 Å². The van der Waals surface area contributed by atoms with Crippen molar-refractivity contribution in [2.24, 2.45) is 15.8 Å². The van der Waals surface area contributed by atoms with E-state index in [1.807, 2.05) is 102 Å². The zero-order chi connectivity index (χ0) is 64.3. The number of β-amino-alcohol motifs (C(OH)–C–C–N with tert-alkyl or cyclic N) is 1. The highest BCUT2D eigenvalue weighted by molar-refractivity contribution is 7.15. The smallest absolute Gasteiger partial charge is 0.246 e. The van der Waals surface area contributed by atoms with Crippen molar-refractivity contribution in [3.05, 3.63) is 104 Å². The number of likely N-dealkylation sites (tertiary alicyclic amines) is 1. The summed E-state index contributed by atoms with van der Waals surface area (Å²) >= 11 is 9.48. The van der Waals surface area contributed by atoms with Crippen LogP contribution in [-0.2, 0) is 57.1 Å². The standard InChI is InChI=1S/C63H87ClN10O13S2/c1-39-42(4)89-61-54(39)55(46-15-17-48(64)18-16-46)69-50(58-72-71-43(5)74(58)61)32-52(77)66-20-22-82-24-26-84-28-30-86-36-63(10,35-85-29-27-83-25-23-81-21-19-65-44(6)75)37-87-34-53(78)70-57(62(7,8)9)60(80)73-33-49(76)31-51(73)59(79)68-40(2)45-11-13-47(14-12-45)56-41(3)67-38-88-56/h11-18,38,40,49-51,57,76H,19-37H2,1-10H3,(H,65,75)(H,66,77)(H,68,79)(H,70,78)/t40-,49+,50-,51-,57+,63?/m0/s1. The molecule has 0 spiro atoms. The maximum atomic E-state index is 14.4. The van der Waals surface area contributed by atoms with Crippen molar-refractivity contribution in [1.82, 2.24) is 45.9 Å². The summed E-state index contributed by atoms with van der Waals surface area (Å²) < 4.78 is 42.8. The van der Waals surface area contributed by atoms with Gasteiger partial charge < -0.3 is 64.4 Å². The number of nitrogens with one attached hydrogen (secondary N) is 4. The Morgan fingerprint density at radius 2 is 1.33 bits per heavy atom. The lowest BCUT2D eigenvalue weighted by Crippen LogP contribution is -2.58. The van der Waals surface area contributed by atoms with Crippen LogP contribution in [-0.4, -0.2) is 195 Å². The summed E-state index contributed by atoms with van der Waals surface area (Å²) in [6.07, 6.45) is -0.833. The Labute approximate surface area is 534 Å². The summed E-state index contributed by atoms with van der Waals surface area (Å²) in [4.78, 5) is 79.6. The Hall–Kier alpha value is -6.10. The number of aryl methyl sites for hydroxylation is 3.